The number of rotatable bonds is 4. The number of hydrogen-bond acceptors (Lipinski definition) is 8. The lowest BCUT2D eigenvalue weighted by atomic mass is 10.2. The number of nitrogen functional groups attached to an aromatic ring is 2. The van der Waals surface area contributed by atoms with Crippen molar-refractivity contribution < 1.29 is 14.3 Å². The van der Waals surface area contributed by atoms with Gasteiger partial charge in [-0.05, 0) is 34.1 Å². The molecule has 0 fully saturated rings. The van der Waals surface area contributed by atoms with Gasteiger partial charge in [0.25, 0.3) is 0 Å². The molecule has 0 aliphatic rings. The van der Waals surface area contributed by atoms with Gasteiger partial charge in [-0.1, -0.05) is 0 Å². The monoisotopic (exact) mass is 353 g/mol. The van der Waals surface area contributed by atoms with Crippen molar-refractivity contribution in [1.82, 2.24) is 15.0 Å². The molecule has 1 heterocycles. The van der Waals surface area contributed by atoms with Crippen LogP contribution in [-0.2, 0) is 11.3 Å². The molecule has 0 radical (unpaired) electrons. The van der Waals surface area contributed by atoms with E-state index in [1.165, 1.54) is 7.11 Å². The van der Waals surface area contributed by atoms with E-state index in [1.807, 2.05) is 0 Å². The first-order valence-electron chi connectivity index (χ1n) is 5.76. The van der Waals surface area contributed by atoms with Gasteiger partial charge >= 0.3 is 5.97 Å². The van der Waals surface area contributed by atoms with Crippen LogP contribution in [-0.4, -0.2) is 28.0 Å². The lowest BCUT2D eigenvalue weighted by molar-refractivity contribution is 0.0460. The van der Waals surface area contributed by atoms with Crippen molar-refractivity contribution in [3.8, 4) is 5.75 Å². The molecule has 2 rings (SSSR count). The van der Waals surface area contributed by atoms with Crippen molar-refractivity contribution in [2.75, 3.05) is 18.6 Å². The number of esters is 1. The van der Waals surface area contributed by atoms with E-state index in [9.17, 15) is 4.79 Å². The van der Waals surface area contributed by atoms with E-state index >= 15 is 0 Å². The molecule has 0 atom stereocenters. The second-order valence-electron chi connectivity index (χ2n) is 3.89. The average molecular weight is 354 g/mol. The van der Waals surface area contributed by atoms with Crippen molar-refractivity contribution in [3.05, 3.63) is 34.1 Å². The molecule has 0 bridgehead atoms. The minimum atomic E-state index is -0.557. The number of hydrogen-bond donors (Lipinski definition) is 2. The Kier molecular flexibility index (Phi) is 4.53. The van der Waals surface area contributed by atoms with Gasteiger partial charge < -0.3 is 20.9 Å². The van der Waals surface area contributed by atoms with Crippen LogP contribution in [0.3, 0.4) is 0 Å². The molecular formula is C12H12BrN5O3. The second kappa shape index (κ2) is 6.35. The molecule has 0 unspecified atom stereocenters. The SMILES string of the molecule is COc1ccc(Br)c(C(=O)OCc2nc(N)nc(N)n2)c1. The summed E-state index contributed by atoms with van der Waals surface area (Å²) in [5, 5.41) is 0. The summed E-state index contributed by atoms with van der Waals surface area (Å²) in [6.45, 7) is -0.167. The summed E-state index contributed by atoms with van der Waals surface area (Å²) < 4.78 is 10.8. The molecule has 21 heavy (non-hydrogen) atoms. The van der Waals surface area contributed by atoms with Gasteiger partial charge in [0.15, 0.2) is 12.4 Å². The fourth-order valence-corrected chi connectivity index (χ4v) is 1.93. The van der Waals surface area contributed by atoms with Crippen molar-refractivity contribution >= 4 is 33.8 Å². The van der Waals surface area contributed by atoms with Crippen LogP contribution < -0.4 is 16.2 Å². The van der Waals surface area contributed by atoms with E-state index in [4.69, 9.17) is 20.9 Å². The van der Waals surface area contributed by atoms with E-state index in [1.54, 1.807) is 18.2 Å². The third kappa shape index (κ3) is 3.78. The Morgan fingerprint density at radius 3 is 2.52 bits per heavy atom. The van der Waals surface area contributed by atoms with Gasteiger partial charge in [-0.15, -0.1) is 0 Å². The number of nitrogens with two attached hydrogens (primary N) is 2. The van der Waals surface area contributed by atoms with Crippen LogP contribution in [0.4, 0.5) is 11.9 Å². The molecule has 4 N–H and O–H groups in total. The minimum absolute atomic E-state index is 0.0314. The minimum Gasteiger partial charge on any atom is -0.497 e. The summed E-state index contributed by atoms with van der Waals surface area (Å²) >= 11 is 3.27. The molecule has 1 aromatic carbocycles. The number of halogens is 1. The lowest BCUT2D eigenvalue weighted by Crippen LogP contribution is -2.11. The Morgan fingerprint density at radius 2 is 1.90 bits per heavy atom. The maximum atomic E-state index is 12.0. The number of carbonyl (C=O) groups excluding carboxylic acids is 1. The number of anilines is 2. The zero-order valence-corrected chi connectivity index (χ0v) is 12.6. The third-order valence-electron chi connectivity index (χ3n) is 2.44. The number of nitrogens with zero attached hydrogens (tertiary/aromatic N) is 3. The molecule has 0 aliphatic carbocycles. The molecule has 1 aromatic heterocycles. The third-order valence-corrected chi connectivity index (χ3v) is 3.13. The van der Waals surface area contributed by atoms with Gasteiger partial charge in [0.1, 0.15) is 5.75 Å². The van der Waals surface area contributed by atoms with Crippen LogP contribution in [0.15, 0.2) is 22.7 Å². The number of carbonyl (C=O) groups is 1. The summed E-state index contributed by atoms with van der Waals surface area (Å²) in [4.78, 5) is 23.3. The van der Waals surface area contributed by atoms with E-state index in [0.29, 0.717) is 15.8 Å². The zero-order chi connectivity index (χ0) is 15.4. The normalized spacial score (nSPS) is 10.2. The quantitative estimate of drug-likeness (QED) is 0.784. The molecule has 9 heteroatoms. The Hall–Kier alpha value is -2.42. The predicted molar refractivity (Wildman–Crippen MR) is 78.5 cm³/mol. The largest absolute Gasteiger partial charge is 0.497 e. The molecule has 2 aromatic rings. The zero-order valence-electron chi connectivity index (χ0n) is 11.0. The number of benzene rings is 1. The Morgan fingerprint density at radius 1 is 1.24 bits per heavy atom. The van der Waals surface area contributed by atoms with Gasteiger partial charge in [0, 0.05) is 4.47 Å². The molecule has 110 valence electrons. The highest BCUT2D eigenvalue weighted by molar-refractivity contribution is 9.10. The smallest absolute Gasteiger partial charge is 0.339 e. The molecule has 0 spiro atoms. The van der Waals surface area contributed by atoms with Crippen LogP contribution in [0.1, 0.15) is 16.2 Å². The highest BCUT2D eigenvalue weighted by Crippen LogP contribution is 2.23. The standard InChI is InChI=1S/C12H12BrN5O3/c1-20-6-2-3-8(13)7(4-6)10(19)21-5-9-16-11(14)18-12(15)17-9/h2-4H,5H2,1H3,(H4,14,15,16,17,18). The van der Waals surface area contributed by atoms with Crippen LogP contribution in [0.2, 0.25) is 0 Å². The first-order chi connectivity index (χ1) is 9.99. The average Bonchev–Trinajstić information content (AvgIpc) is 2.44. The fraction of sp³-hybridized carbons (Fsp3) is 0.167. The maximum absolute atomic E-state index is 12.0. The second-order valence-corrected chi connectivity index (χ2v) is 4.74. The predicted octanol–water partition coefficient (Wildman–Crippen LogP) is 1.16. The molecular weight excluding hydrogens is 342 g/mol. The van der Waals surface area contributed by atoms with E-state index < -0.39 is 5.97 Å². The van der Waals surface area contributed by atoms with Crippen LogP contribution in [0, 0.1) is 0 Å². The Labute approximate surface area is 128 Å². The van der Waals surface area contributed by atoms with Crippen molar-refractivity contribution in [3.63, 3.8) is 0 Å². The molecule has 0 saturated heterocycles. The summed E-state index contributed by atoms with van der Waals surface area (Å²) in [6, 6.07) is 4.96. The van der Waals surface area contributed by atoms with Gasteiger partial charge in [-0.25, -0.2) is 4.79 Å². The maximum Gasteiger partial charge on any atom is 0.339 e. The van der Waals surface area contributed by atoms with Gasteiger partial charge in [0.05, 0.1) is 12.7 Å². The molecule has 8 nitrogen and oxygen atoms in total. The lowest BCUT2D eigenvalue weighted by Gasteiger charge is -2.08. The first kappa shape index (κ1) is 15.0. The van der Waals surface area contributed by atoms with Crippen molar-refractivity contribution in [2.24, 2.45) is 0 Å². The van der Waals surface area contributed by atoms with Crippen LogP contribution in [0.5, 0.6) is 5.75 Å². The first-order valence-corrected chi connectivity index (χ1v) is 6.55. The highest BCUT2D eigenvalue weighted by Gasteiger charge is 2.14. The topological polar surface area (TPSA) is 126 Å². The van der Waals surface area contributed by atoms with E-state index in [-0.39, 0.29) is 24.3 Å². The van der Waals surface area contributed by atoms with E-state index in [2.05, 4.69) is 30.9 Å². The summed E-state index contributed by atoms with van der Waals surface area (Å²) in [6.07, 6.45) is 0. The van der Waals surface area contributed by atoms with Crippen molar-refractivity contribution in [2.45, 2.75) is 6.61 Å². The molecule has 0 saturated carbocycles. The summed E-state index contributed by atoms with van der Waals surface area (Å²) in [5.74, 6) is 0.0942. The highest BCUT2D eigenvalue weighted by atomic mass is 79.9. The Bertz CT molecular complexity index is 660. The van der Waals surface area contributed by atoms with Crippen molar-refractivity contribution in [1.29, 1.82) is 0 Å². The van der Waals surface area contributed by atoms with Crippen LogP contribution >= 0.6 is 15.9 Å². The van der Waals surface area contributed by atoms with Gasteiger partial charge in [0.2, 0.25) is 11.9 Å². The fourth-order valence-electron chi connectivity index (χ4n) is 1.52. The summed E-state index contributed by atoms with van der Waals surface area (Å²) in [7, 11) is 1.51. The van der Waals surface area contributed by atoms with Gasteiger partial charge in [-0.2, -0.15) is 15.0 Å². The number of ether oxygens (including phenoxy) is 2. The Balaban J connectivity index is 2.11. The summed E-state index contributed by atoms with van der Waals surface area (Å²) in [5.41, 5.74) is 11.2. The molecule has 0 amide bonds. The molecule has 0 aliphatic heterocycles. The number of methoxy groups -OCH3 is 1. The van der Waals surface area contributed by atoms with Gasteiger partial charge in [-0.3, -0.25) is 0 Å². The number of aromatic nitrogens is 3. The van der Waals surface area contributed by atoms with E-state index in [0.717, 1.165) is 0 Å². The van der Waals surface area contributed by atoms with Crippen LogP contribution in [0.25, 0.3) is 0 Å².